The van der Waals surface area contributed by atoms with E-state index in [2.05, 4.69) is 20.4 Å². The van der Waals surface area contributed by atoms with E-state index in [1.807, 2.05) is 0 Å². The Kier molecular flexibility index (Phi) is 3.68. The van der Waals surface area contributed by atoms with E-state index in [0.717, 1.165) is 6.07 Å². The molecule has 0 unspecified atom stereocenters. The molecular formula is C17H12FN5O3. The molecule has 1 aliphatic rings. The molecule has 0 fully saturated rings. The maximum atomic E-state index is 14.1. The Balaban J connectivity index is 1.78. The predicted octanol–water partition coefficient (Wildman–Crippen LogP) is 1.59. The quantitative estimate of drug-likeness (QED) is 0.740. The smallest absolute Gasteiger partial charge is 0.335 e. The van der Waals surface area contributed by atoms with Crippen LogP contribution in [0.25, 0.3) is 22.8 Å². The molecule has 8 nitrogen and oxygen atoms in total. The van der Waals surface area contributed by atoms with Gasteiger partial charge in [-0.2, -0.15) is 5.10 Å². The highest BCUT2D eigenvalue weighted by atomic mass is 19.1. The molecule has 0 spiro atoms. The van der Waals surface area contributed by atoms with Crippen LogP contribution in [0.3, 0.4) is 0 Å². The third-order valence-corrected chi connectivity index (χ3v) is 3.99. The first-order valence-electron chi connectivity index (χ1n) is 7.75. The van der Waals surface area contributed by atoms with Crippen LogP contribution in [0.4, 0.5) is 4.39 Å². The lowest BCUT2D eigenvalue weighted by Crippen LogP contribution is -2.35. The summed E-state index contributed by atoms with van der Waals surface area (Å²) in [6, 6.07) is 6.61. The van der Waals surface area contributed by atoms with Gasteiger partial charge in [-0.05, 0) is 30.3 Å². The summed E-state index contributed by atoms with van der Waals surface area (Å²) in [5.41, 5.74) is 1.20. The molecule has 26 heavy (non-hydrogen) atoms. The molecule has 0 saturated carbocycles. The van der Waals surface area contributed by atoms with Gasteiger partial charge in [0, 0.05) is 12.7 Å². The lowest BCUT2D eigenvalue weighted by molar-refractivity contribution is 0.0696. The number of hydrogen-bond acceptors (Lipinski definition) is 5. The zero-order valence-electron chi connectivity index (χ0n) is 13.3. The molecule has 0 radical (unpaired) electrons. The number of fused-ring (bicyclic) bond motifs is 1. The lowest BCUT2D eigenvalue weighted by Gasteiger charge is -2.13. The van der Waals surface area contributed by atoms with Crippen molar-refractivity contribution in [2.75, 3.05) is 6.54 Å². The van der Waals surface area contributed by atoms with Crippen molar-refractivity contribution in [1.29, 1.82) is 0 Å². The number of rotatable bonds is 3. The molecule has 0 atom stereocenters. The van der Waals surface area contributed by atoms with Crippen LogP contribution in [0.5, 0.6) is 0 Å². The van der Waals surface area contributed by atoms with Gasteiger partial charge in [0.05, 0.1) is 23.4 Å². The van der Waals surface area contributed by atoms with Gasteiger partial charge in [-0.3, -0.25) is 9.48 Å². The summed E-state index contributed by atoms with van der Waals surface area (Å²) in [6.45, 7) is 1.05. The highest BCUT2D eigenvalue weighted by Gasteiger charge is 2.21. The van der Waals surface area contributed by atoms with Gasteiger partial charge >= 0.3 is 5.97 Å². The predicted molar refractivity (Wildman–Crippen MR) is 87.9 cm³/mol. The van der Waals surface area contributed by atoms with Crippen LogP contribution in [-0.2, 0) is 6.54 Å². The number of benzene rings is 1. The van der Waals surface area contributed by atoms with Crippen LogP contribution in [0.15, 0.2) is 36.5 Å². The normalized spacial score (nSPS) is 13.2. The van der Waals surface area contributed by atoms with Crippen LogP contribution in [0.1, 0.15) is 20.8 Å². The van der Waals surface area contributed by atoms with Gasteiger partial charge < -0.3 is 10.4 Å². The molecule has 2 aromatic heterocycles. The van der Waals surface area contributed by atoms with Gasteiger partial charge in [-0.15, -0.1) is 0 Å². The molecule has 1 amide bonds. The fourth-order valence-electron chi connectivity index (χ4n) is 2.72. The molecule has 4 rings (SSSR count). The zero-order chi connectivity index (χ0) is 18.3. The molecule has 1 aliphatic heterocycles. The molecule has 9 heteroatoms. The van der Waals surface area contributed by atoms with Crippen LogP contribution in [-0.4, -0.2) is 43.3 Å². The number of nitrogens with one attached hydrogen (secondary N) is 1. The average Bonchev–Trinajstić information content (AvgIpc) is 3.08. The van der Waals surface area contributed by atoms with Crippen LogP contribution >= 0.6 is 0 Å². The van der Waals surface area contributed by atoms with Gasteiger partial charge in [-0.25, -0.2) is 19.2 Å². The first-order valence-corrected chi connectivity index (χ1v) is 7.75. The van der Waals surface area contributed by atoms with Crippen LogP contribution in [0, 0.1) is 5.82 Å². The fourth-order valence-corrected chi connectivity index (χ4v) is 2.72. The summed E-state index contributed by atoms with van der Waals surface area (Å²) < 4.78 is 15.7. The Morgan fingerprint density at radius 1 is 1.23 bits per heavy atom. The molecule has 0 saturated heterocycles. The van der Waals surface area contributed by atoms with Crippen LogP contribution in [0.2, 0.25) is 0 Å². The van der Waals surface area contributed by atoms with Gasteiger partial charge in [-0.1, -0.05) is 0 Å². The Bertz CT molecular complexity index is 1050. The minimum atomic E-state index is -1.17. The summed E-state index contributed by atoms with van der Waals surface area (Å²) in [7, 11) is 0. The number of hydrogen-bond donors (Lipinski definition) is 2. The average molecular weight is 353 g/mol. The maximum Gasteiger partial charge on any atom is 0.335 e. The lowest BCUT2D eigenvalue weighted by atomic mass is 10.1. The third-order valence-electron chi connectivity index (χ3n) is 3.99. The molecule has 0 bridgehead atoms. The largest absolute Gasteiger partial charge is 0.478 e. The summed E-state index contributed by atoms with van der Waals surface area (Å²) in [4.78, 5) is 31.3. The second-order valence-electron chi connectivity index (χ2n) is 5.66. The highest BCUT2D eigenvalue weighted by molar-refractivity contribution is 5.94. The minimum Gasteiger partial charge on any atom is -0.478 e. The highest BCUT2D eigenvalue weighted by Crippen LogP contribution is 2.24. The second-order valence-corrected chi connectivity index (χ2v) is 5.66. The Hall–Kier alpha value is -3.62. The van der Waals surface area contributed by atoms with Crippen molar-refractivity contribution < 1.29 is 19.1 Å². The van der Waals surface area contributed by atoms with Crippen molar-refractivity contribution >= 4 is 11.9 Å². The molecule has 2 N–H and O–H groups in total. The maximum absolute atomic E-state index is 14.1. The van der Waals surface area contributed by atoms with Crippen molar-refractivity contribution in [2.45, 2.75) is 6.54 Å². The number of aromatic nitrogens is 4. The van der Waals surface area contributed by atoms with Gasteiger partial charge in [0.2, 0.25) is 0 Å². The zero-order valence-corrected chi connectivity index (χ0v) is 13.3. The Labute approximate surface area is 146 Å². The van der Waals surface area contributed by atoms with Gasteiger partial charge in [0.25, 0.3) is 5.91 Å². The first-order chi connectivity index (χ1) is 12.5. The topological polar surface area (TPSA) is 110 Å². The van der Waals surface area contributed by atoms with Crippen molar-refractivity contribution in [3.8, 4) is 22.8 Å². The van der Waals surface area contributed by atoms with E-state index in [1.54, 1.807) is 16.8 Å². The number of carboxylic acid groups (broad SMARTS) is 1. The number of aromatic carboxylic acids is 1. The van der Waals surface area contributed by atoms with Crippen molar-refractivity contribution in [3.05, 3.63) is 53.6 Å². The van der Waals surface area contributed by atoms with E-state index < -0.39 is 11.8 Å². The van der Waals surface area contributed by atoms with E-state index in [-0.39, 0.29) is 22.9 Å². The first kappa shape index (κ1) is 15.9. The molecular weight excluding hydrogens is 341 g/mol. The number of halogens is 1. The van der Waals surface area contributed by atoms with E-state index in [4.69, 9.17) is 5.11 Å². The SMILES string of the molecule is O=C(O)c1ccc(F)c(-c2nccc(-c3cc4n(n3)CCNC4=O)n2)c1. The van der Waals surface area contributed by atoms with E-state index in [9.17, 15) is 14.0 Å². The van der Waals surface area contributed by atoms with Crippen LogP contribution < -0.4 is 5.32 Å². The molecule has 3 heterocycles. The third kappa shape index (κ3) is 2.69. The number of carboxylic acids is 1. The Morgan fingerprint density at radius 3 is 2.85 bits per heavy atom. The second kappa shape index (κ2) is 6.03. The summed E-state index contributed by atoms with van der Waals surface area (Å²) in [5.74, 6) is -1.98. The summed E-state index contributed by atoms with van der Waals surface area (Å²) >= 11 is 0. The van der Waals surface area contributed by atoms with Crippen molar-refractivity contribution in [1.82, 2.24) is 25.1 Å². The molecule has 1 aromatic carbocycles. The number of carbonyl (C=O) groups is 2. The van der Waals surface area contributed by atoms with E-state index in [1.165, 1.54) is 18.3 Å². The Morgan fingerprint density at radius 2 is 2.08 bits per heavy atom. The van der Waals surface area contributed by atoms with Gasteiger partial charge in [0.15, 0.2) is 5.82 Å². The minimum absolute atomic E-state index is 0.0199. The molecule has 3 aromatic rings. The number of carbonyl (C=O) groups excluding carboxylic acids is 1. The number of amides is 1. The fraction of sp³-hybridized carbons (Fsp3) is 0.118. The van der Waals surface area contributed by atoms with Gasteiger partial charge in [0.1, 0.15) is 17.2 Å². The van der Waals surface area contributed by atoms with Crippen molar-refractivity contribution in [3.63, 3.8) is 0 Å². The monoisotopic (exact) mass is 353 g/mol. The van der Waals surface area contributed by atoms with E-state index in [0.29, 0.717) is 30.2 Å². The summed E-state index contributed by atoms with van der Waals surface area (Å²) in [5, 5.41) is 16.2. The molecule has 0 aliphatic carbocycles. The molecule has 130 valence electrons. The van der Waals surface area contributed by atoms with Crippen molar-refractivity contribution in [2.24, 2.45) is 0 Å². The standard InChI is InChI=1S/C17H12FN5O3/c18-11-2-1-9(17(25)26)7-10(11)15-19-4-3-12(21-15)13-8-14-16(24)20-5-6-23(14)22-13/h1-4,7-8H,5-6H2,(H,20,24)(H,25,26). The summed E-state index contributed by atoms with van der Waals surface area (Å²) in [6.07, 6.45) is 1.43. The van der Waals surface area contributed by atoms with E-state index >= 15 is 0 Å². The number of nitrogens with zero attached hydrogens (tertiary/aromatic N) is 4.